The third-order valence-corrected chi connectivity index (χ3v) is 4.83. The number of sulfonamides is 1. The van der Waals surface area contributed by atoms with Crippen LogP contribution in [0.1, 0.15) is 13.3 Å². The van der Waals surface area contributed by atoms with Gasteiger partial charge in [0.1, 0.15) is 5.82 Å². The second kappa shape index (κ2) is 7.17. The van der Waals surface area contributed by atoms with Gasteiger partial charge in [-0.15, -0.1) is 0 Å². The minimum absolute atomic E-state index is 0.00425. The number of nitrogens with zero attached hydrogens (tertiary/aromatic N) is 1. The fourth-order valence-corrected chi connectivity index (χ4v) is 3.22. The van der Waals surface area contributed by atoms with Crippen LogP contribution in [0.2, 0.25) is 0 Å². The molecule has 1 fully saturated rings. The predicted molar refractivity (Wildman–Crippen MR) is 78.2 cm³/mol. The molecule has 1 N–H and O–H groups in total. The number of nitrogens with one attached hydrogen (secondary N) is 1. The molecule has 1 aliphatic rings. The first-order valence-corrected chi connectivity index (χ1v) is 8.51. The number of amides is 1. The van der Waals surface area contributed by atoms with Crippen molar-refractivity contribution in [3.8, 4) is 0 Å². The van der Waals surface area contributed by atoms with Gasteiger partial charge >= 0.3 is 0 Å². The van der Waals surface area contributed by atoms with Crippen LogP contribution in [0.15, 0.2) is 29.2 Å². The molecule has 0 bridgehead atoms. The van der Waals surface area contributed by atoms with Crippen molar-refractivity contribution in [3.63, 3.8) is 0 Å². The first-order valence-electron chi connectivity index (χ1n) is 7.03. The molecular formula is C14H19FN2O4S. The molecule has 22 heavy (non-hydrogen) atoms. The number of halogens is 1. The number of carbonyl (C=O) groups is 1. The fraction of sp³-hybridized carbons (Fsp3) is 0.500. The zero-order valence-electron chi connectivity index (χ0n) is 12.3. The Morgan fingerprint density at radius 2 is 2.09 bits per heavy atom. The standard InChI is InChI=1S/C14H19FN2O4S/c1-11-10-17(8-9-21-11)14(18)6-7-16-22(19,20)13-4-2-12(15)3-5-13/h2-5,11,16H,6-10H2,1H3. The zero-order chi connectivity index (χ0) is 16.2. The first-order chi connectivity index (χ1) is 10.4. The number of ether oxygens (including phenoxy) is 1. The lowest BCUT2D eigenvalue weighted by Gasteiger charge is -2.31. The summed E-state index contributed by atoms with van der Waals surface area (Å²) in [7, 11) is -3.73. The predicted octanol–water partition coefficient (Wildman–Crippen LogP) is 0.741. The van der Waals surface area contributed by atoms with Gasteiger partial charge in [0.25, 0.3) is 0 Å². The number of carbonyl (C=O) groups excluding carboxylic acids is 1. The summed E-state index contributed by atoms with van der Waals surface area (Å²) < 4.78 is 44.4. The second-order valence-electron chi connectivity index (χ2n) is 5.12. The highest BCUT2D eigenvalue weighted by Gasteiger charge is 2.21. The number of hydrogen-bond acceptors (Lipinski definition) is 4. The lowest BCUT2D eigenvalue weighted by Crippen LogP contribution is -2.45. The molecule has 6 nitrogen and oxygen atoms in total. The van der Waals surface area contributed by atoms with Crippen LogP contribution in [0.3, 0.4) is 0 Å². The maximum absolute atomic E-state index is 12.8. The number of hydrogen-bond donors (Lipinski definition) is 1. The summed E-state index contributed by atoms with van der Waals surface area (Å²) in [5, 5.41) is 0. The molecule has 0 radical (unpaired) electrons. The SMILES string of the molecule is CC1CN(C(=O)CCNS(=O)(=O)c2ccc(F)cc2)CCO1. The van der Waals surface area contributed by atoms with E-state index in [9.17, 15) is 17.6 Å². The van der Waals surface area contributed by atoms with E-state index in [4.69, 9.17) is 4.74 Å². The van der Waals surface area contributed by atoms with E-state index >= 15 is 0 Å². The van der Waals surface area contributed by atoms with Gasteiger partial charge in [-0.3, -0.25) is 4.79 Å². The summed E-state index contributed by atoms with van der Waals surface area (Å²) in [5.41, 5.74) is 0. The van der Waals surface area contributed by atoms with Gasteiger partial charge < -0.3 is 9.64 Å². The largest absolute Gasteiger partial charge is 0.375 e. The normalized spacial score (nSPS) is 19.2. The lowest BCUT2D eigenvalue weighted by molar-refractivity contribution is -0.137. The van der Waals surface area contributed by atoms with Gasteiger partial charge in [-0.05, 0) is 31.2 Å². The van der Waals surface area contributed by atoms with Crippen molar-refractivity contribution in [1.29, 1.82) is 0 Å². The molecule has 1 heterocycles. The quantitative estimate of drug-likeness (QED) is 0.864. The van der Waals surface area contributed by atoms with Crippen LogP contribution in [0, 0.1) is 5.82 Å². The van der Waals surface area contributed by atoms with Gasteiger partial charge in [0.05, 0.1) is 17.6 Å². The van der Waals surface area contributed by atoms with Crippen molar-refractivity contribution in [2.75, 3.05) is 26.2 Å². The Bertz CT molecular complexity index is 618. The van der Waals surface area contributed by atoms with E-state index in [1.807, 2.05) is 6.92 Å². The lowest BCUT2D eigenvalue weighted by atomic mass is 10.2. The maximum Gasteiger partial charge on any atom is 0.240 e. The third kappa shape index (κ3) is 4.49. The molecule has 0 aliphatic carbocycles. The van der Waals surface area contributed by atoms with Gasteiger partial charge in [-0.2, -0.15) is 0 Å². The number of rotatable bonds is 5. The molecule has 0 saturated carbocycles. The Balaban J connectivity index is 1.84. The van der Waals surface area contributed by atoms with Crippen molar-refractivity contribution >= 4 is 15.9 Å². The molecule has 8 heteroatoms. The molecular weight excluding hydrogens is 311 g/mol. The van der Waals surface area contributed by atoms with Crippen LogP contribution in [-0.2, 0) is 19.6 Å². The van der Waals surface area contributed by atoms with E-state index in [1.165, 1.54) is 12.1 Å². The summed E-state index contributed by atoms with van der Waals surface area (Å²) in [5.74, 6) is -0.618. The van der Waals surface area contributed by atoms with Gasteiger partial charge in [0.2, 0.25) is 15.9 Å². The molecule has 1 amide bonds. The minimum atomic E-state index is -3.73. The summed E-state index contributed by atoms with van der Waals surface area (Å²) in [6.07, 6.45) is 0.0706. The van der Waals surface area contributed by atoms with E-state index in [1.54, 1.807) is 4.90 Å². The first kappa shape index (κ1) is 16.9. The molecule has 2 rings (SSSR count). The molecule has 1 aromatic carbocycles. The Morgan fingerprint density at radius 1 is 1.41 bits per heavy atom. The van der Waals surface area contributed by atoms with Crippen molar-refractivity contribution < 1.29 is 22.3 Å². The number of morpholine rings is 1. The Labute approximate surface area is 129 Å². The Kier molecular flexibility index (Phi) is 5.49. The van der Waals surface area contributed by atoms with Gasteiger partial charge in [-0.25, -0.2) is 17.5 Å². The van der Waals surface area contributed by atoms with Crippen LogP contribution >= 0.6 is 0 Å². The number of benzene rings is 1. The molecule has 0 aromatic heterocycles. The molecule has 1 atom stereocenters. The van der Waals surface area contributed by atoms with Crippen LogP contribution in [-0.4, -0.2) is 51.6 Å². The van der Waals surface area contributed by atoms with Crippen LogP contribution < -0.4 is 4.72 Å². The van der Waals surface area contributed by atoms with Gasteiger partial charge in [0.15, 0.2) is 0 Å². The average molecular weight is 330 g/mol. The fourth-order valence-electron chi connectivity index (χ4n) is 2.19. The van der Waals surface area contributed by atoms with Gasteiger partial charge in [0, 0.05) is 26.1 Å². The van der Waals surface area contributed by atoms with E-state index in [-0.39, 0.29) is 29.9 Å². The average Bonchev–Trinajstić information content (AvgIpc) is 2.47. The third-order valence-electron chi connectivity index (χ3n) is 3.35. The summed E-state index contributed by atoms with van der Waals surface area (Å²) in [4.78, 5) is 13.6. The Morgan fingerprint density at radius 3 is 2.73 bits per heavy atom. The van der Waals surface area contributed by atoms with Crippen molar-refractivity contribution in [3.05, 3.63) is 30.1 Å². The summed E-state index contributed by atoms with van der Waals surface area (Å²) in [6.45, 7) is 3.42. The zero-order valence-corrected chi connectivity index (χ0v) is 13.1. The van der Waals surface area contributed by atoms with Crippen molar-refractivity contribution in [1.82, 2.24) is 9.62 Å². The van der Waals surface area contributed by atoms with E-state index in [0.717, 1.165) is 12.1 Å². The second-order valence-corrected chi connectivity index (χ2v) is 6.89. The topological polar surface area (TPSA) is 75.7 Å². The monoisotopic (exact) mass is 330 g/mol. The minimum Gasteiger partial charge on any atom is -0.375 e. The Hall–Kier alpha value is -1.51. The highest BCUT2D eigenvalue weighted by atomic mass is 32.2. The molecule has 1 aliphatic heterocycles. The molecule has 1 saturated heterocycles. The van der Waals surface area contributed by atoms with Crippen molar-refractivity contribution in [2.45, 2.75) is 24.3 Å². The van der Waals surface area contributed by atoms with E-state index in [0.29, 0.717) is 19.7 Å². The van der Waals surface area contributed by atoms with E-state index in [2.05, 4.69) is 4.72 Å². The van der Waals surface area contributed by atoms with Gasteiger partial charge in [-0.1, -0.05) is 0 Å². The highest BCUT2D eigenvalue weighted by molar-refractivity contribution is 7.89. The summed E-state index contributed by atoms with van der Waals surface area (Å²) in [6, 6.07) is 4.52. The molecule has 0 spiro atoms. The van der Waals surface area contributed by atoms with Crippen molar-refractivity contribution in [2.24, 2.45) is 0 Å². The highest BCUT2D eigenvalue weighted by Crippen LogP contribution is 2.10. The van der Waals surface area contributed by atoms with Crippen LogP contribution in [0.4, 0.5) is 4.39 Å². The van der Waals surface area contributed by atoms with E-state index < -0.39 is 15.8 Å². The molecule has 1 unspecified atom stereocenters. The van der Waals surface area contributed by atoms with Crippen LogP contribution in [0.5, 0.6) is 0 Å². The van der Waals surface area contributed by atoms with Crippen LogP contribution in [0.25, 0.3) is 0 Å². The smallest absolute Gasteiger partial charge is 0.240 e. The molecule has 1 aromatic rings. The molecule has 122 valence electrons. The summed E-state index contributed by atoms with van der Waals surface area (Å²) >= 11 is 0. The maximum atomic E-state index is 12.8.